The molecule has 1 heterocycles. The fourth-order valence-corrected chi connectivity index (χ4v) is 6.33. The lowest BCUT2D eigenvalue weighted by molar-refractivity contribution is -0.159. The maximum atomic E-state index is 12.7. The first-order chi connectivity index (χ1) is 16.2. The molecule has 3 nitrogen and oxygen atoms in total. The van der Waals surface area contributed by atoms with Crippen LogP contribution < -0.4 is 4.74 Å². The Hall–Kier alpha value is -3.55. The van der Waals surface area contributed by atoms with Crippen LogP contribution in [0.1, 0.15) is 40.3 Å². The third-order valence-electron chi connectivity index (χ3n) is 5.97. The van der Waals surface area contributed by atoms with Crippen molar-refractivity contribution in [3.05, 3.63) is 93.2 Å². The van der Waals surface area contributed by atoms with Gasteiger partial charge in [0.15, 0.2) is 16.4 Å². The van der Waals surface area contributed by atoms with Crippen molar-refractivity contribution >= 4 is 27.2 Å². The molecule has 4 aromatic rings. The second-order valence-corrected chi connectivity index (χ2v) is 11.1. The summed E-state index contributed by atoms with van der Waals surface area (Å²) in [6.45, 7) is 9.73. The summed E-state index contributed by atoms with van der Waals surface area (Å²) in [7, 11) is -0.221. The molecule has 1 unspecified atom stereocenters. The molecule has 172 valence electrons. The third-order valence-corrected chi connectivity index (χ3v) is 8.15. The summed E-state index contributed by atoms with van der Waals surface area (Å²) in [5.74, 6) is 3.11. The average molecular weight is 470 g/mol. The first-order valence-corrected chi connectivity index (χ1v) is 12.5. The Kier molecular flexibility index (Phi) is 6.50. The van der Waals surface area contributed by atoms with E-state index in [-0.39, 0.29) is 17.1 Å². The Morgan fingerprint density at radius 1 is 0.941 bits per heavy atom. The standard InChI is InChI=1S/C30H29O3S/c1-7-26-15-12-22(4)34(26)27-16-20(2)29(21(3)17-27)32-19-28(31)33-30(5,6)25-14-13-23-10-8-9-11-24(23)18-25/h1,8-18H,19H2,2-6H3/q+1. The van der Waals surface area contributed by atoms with Crippen LogP contribution in [0.3, 0.4) is 0 Å². The van der Waals surface area contributed by atoms with E-state index in [0.29, 0.717) is 5.75 Å². The molecule has 0 bridgehead atoms. The Labute approximate surface area is 204 Å². The zero-order chi connectivity index (χ0) is 24.5. The van der Waals surface area contributed by atoms with E-state index in [1.165, 1.54) is 4.88 Å². The first-order valence-electron chi connectivity index (χ1n) is 11.2. The van der Waals surface area contributed by atoms with Crippen molar-refractivity contribution in [1.29, 1.82) is 0 Å². The molecule has 4 heteroatoms. The number of thiophene rings is 1. The summed E-state index contributed by atoms with van der Waals surface area (Å²) in [6.07, 6.45) is 5.71. The highest BCUT2D eigenvalue weighted by Crippen LogP contribution is 2.42. The van der Waals surface area contributed by atoms with Gasteiger partial charge in [0.25, 0.3) is 0 Å². The van der Waals surface area contributed by atoms with E-state index in [2.05, 4.69) is 49.2 Å². The van der Waals surface area contributed by atoms with Crippen molar-refractivity contribution in [3.63, 3.8) is 0 Å². The second-order valence-electron chi connectivity index (χ2n) is 8.98. The molecule has 0 saturated heterocycles. The number of fused-ring (bicyclic) bond motifs is 1. The maximum Gasteiger partial charge on any atom is 0.345 e. The molecule has 0 spiro atoms. The van der Waals surface area contributed by atoms with Crippen LogP contribution in [-0.4, -0.2) is 12.6 Å². The van der Waals surface area contributed by atoms with E-state index in [9.17, 15) is 4.79 Å². The van der Waals surface area contributed by atoms with Crippen LogP contribution >= 0.6 is 10.5 Å². The lowest BCUT2D eigenvalue weighted by Crippen LogP contribution is -2.28. The number of ether oxygens (including phenoxy) is 2. The van der Waals surface area contributed by atoms with Crippen LogP contribution in [0, 0.1) is 33.1 Å². The third kappa shape index (κ3) is 4.71. The van der Waals surface area contributed by atoms with Crippen molar-refractivity contribution in [2.24, 2.45) is 0 Å². The number of carbonyl (C=O) groups is 1. The van der Waals surface area contributed by atoms with Crippen LogP contribution in [0.5, 0.6) is 5.75 Å². The normalized spacial score (nSPS) is 11.8. The van der Waals surface area contributed by atoms with Gasteiger partial charge in [0.05, 0.1) is 0 Å². The molecule has 4 rings (SSSR count). The molecule has 0 aliphatic heterocycles. The van der Waals surface area contributed by atoms with E-state index in [1.54, 1.807) is 0 Å². The largest absolute Gasteiger partial charge is 0.481 e. The van der Waals surface area contributed by atoms with Gasteiger partial charge in [-0.3, -0.25) is 0 Å². The lowest BCUT2D eigenvalue weighted by Gasteiger charge is -2.26. The molecule has 1 atom stereocenters. The number of aryl methyl sites for hydroxylation is 3. The lowest BCUT2D eigenvalue weighted by atomic mass is 9.95. The number of benzene rings is 3. The van der Waals surface area contributed by atoms with Crippen molar-refractivity contribution < 1.29 is 14.3 Å². The number of hydrogen-bond acceptors (Lipinski definition) is 3. The zero-order valence-corrected chi connectivity index (χ0v) is 21.1. The van der Waals surface area contributed by atoms with E-state index in [0.717, 1.165) is 37.2 Å². The fraction of sp³-hybridized carbons (Fsp3) is 0.233. The fourth-order valence-electron chi connectivity index (χ4n) is 4.25. The van der Waals surface area contributed by atoms with Crippen LogP contribution in [-0.2, 0) is 15.1 Å². The number of hydrogen-bond donors (Lipinski definition) is 0. The molecule has 34 heavy (non-hydrogen) atoms. The molecule has 0 fully saturated rings. The van der Waals surface area contributed by atoms with Gasteiger partial charge in [-0.1, -0.05) is 36.4 Å². The van der Waals surface area contributed by atoms with Crippen LogP contribution in [0.4, 0.5) is 0 Å². The van der Waals surface area contributed by atoms with Gasteiger partial charge in [0, 0.05) is 35.6 Å². The minimum absolute atomic E-state index is 0.155. The predicted molar refractivity (Wildman–Crippen MR) is 141 cm³/mol. The van der Waals surface area contributed by atoms with Gasteiger partial charge in [-0.2, -0.15) is 0 Å². The van der Waals surface area contributed by atoms with E-state index >= 15 is 0 Å². The van der Waals surface area contributed by atoms with Gasteiger partial charge in [0.1, 0.15) is 11.4 Å². The quantitative estimate of drug-likeness (QED) is 0.168. The molecule has 0 aliphatic carbocycles. The zero-order valence-electron chi connectivity index (χ0n) is 20.3. The van der Waals surface area contributed by atoms with Crippen LogP contribution in [0.15, 0.2) is 66.7 Å². The monoisotopic (exact) mass is 469 g/mol. The van der Waals surface area contributed by atoms with Crippen molar-refractivity contribution in [3.8, 4) is 23.0 Å². The molecule has 0 aliphatic rings. The van der Waals surface area contributed by atoms with Crippen molar-refractivity contribution in [1.82, 2.24) is 0 Å². The Bertz CT molecular complexity index is 1400. The summed E-state index contributed by atoms with van der Waals surface area (Å²) in [4.78, 5) is 16.1. The summed E-state index contributed by atoms with van der Waals surface area (Å²) in [5, 5.41) is 2.27. The number of terminal acetylenes is 1. The maximum absolute atomic E-state index is 12.7. The highest BCUT2D eigenvalue weighted by Gasteiger charge is 2.27. The van der Waals surface area contributed by atoms with Crippen molar-refractivity contribution in [2.45, 2.75) is 40.2 Å². The minimum Gasteiger partial charge on any atom is -0.481 e. The Morgan fingerprint density at radius 2 is 1.62 bits per heavy atom. The average Bonchev–Trinajstić information content (AvgIpc) is 3.18. The van der Waals surface area contributed by atoms with E-state index in [1.807, 2.05) is 58.0 Å². The van der Waals surface area contributed by atoms with Gasteiger partial charge in [-0.05, 0) is 73.2 Å². The van der Waals surface area contributed by atoms with Crippen LogP contribution in [0.25, 0.3) is 15.7 Å². The first kappa shape index (κ1) is 23.6. The minimum atomic E-state index is -0.774. The SMILES string of the molecule is C#Cc1ccc(C)[s+]1-c1cc(C)c(OCC(=O)OC(C)(C)c2ccc3ccccc3c2)c(C)c1. The number of carbonyl (C=O) groups excluding carboxylic acids is 1. The smallest absolute Gasteiger partial charge is 0.345 e. The molecular weight excluding hydrogens is 440 g/mol. The Morgan fingerprint density at radius 3 is 2.29 bits per heavy atom. The van der Waals surface area contributed by atoms with Gasteiger partial charge >= 0.3 is 5.97 Å². The molecule has 0 amide bonds. The van der Waals surface area contributed by atoms with E-state index < -0.39 is 11.6 Å². The predicted octanol–water partition coefficient (Wildman–Crippen LogP) is 7.34. The molecule has 0 saturated carbocycles. The van der Waals surface area contributed by atoms with Crippen LogP contribution in [0.2, 0.25) is 0 Å². The summed E-state index contributed by atoms with van der Waals surface area (Å²) < 4.78 is 11.8. The number of esters is 1. The van der Waals surface area contributed by atoms with Gasteiger partial charge in [0.2, 0.25) is 4.88 Å². The van der Waals surface area contributed by atoms with Gasteiger partial charge < -0.3 is 9.47 Å². The molecule has 0 radical (unpaired) electrons. The van der Waals surface area contributed by atoms with Gasteiger partial charge in [-0.25, -0.2) is 4.79 Å². The molecular formula is C30H29O3S+. The summed E-state index contributed by atoms with van der Waals surface area (Å²) in [5.41, 5.74) is 2.11. The van der Waals surface area contributed by atoms with Gasteiger partial charge in [-0.15, -0.1) is 6.42 Å². The summed E-state index contributed by atoms with van der Waals surface area (Å²) >= 11 is 0. The number of rotatable bonds is 6. The summed E-state index contributed by atoms with van der Waals surface area (Å²) in [6, 6.07) is 22.6. The van der Waals surface area contributed by atoms with Crippen molar-refractivity contribution in [2.75, 3.05) is 6.61 Å². The Balaban J connectivity index is 1.48. The van der Waals surface area contributed by atoms with E-state index in [4.69, 9.17) is 15.9 Å². The molecule has 0 N–H and O–H groups in total. The topological polar surface area (TPSA) is 35.5 Å². The highest BCUT2D eigenvalue weighted by atomic mass is 32.2. The second kappa shape index (κ2) is 9.37. The molecule has 1 aromatic heterocycles. The highest BCUT2D eigenvalue weighted by molar-refractivity contribution is 7.40. The molecule has 3 aromatic carbocycles.